The van der Waals surface area contributed by atoms with Crippen molar-refractivity contribution in [2.45, 2.75) is 52.6 Å². The molecule has 7 nitrogen and oxygen atoms in total. The van der Waals surface area contributed by atoms with Gasteiger partial charge in [0.2, 0.25) is 5.91 Å². The van der Waals surface area contributed by atoms with E-state index in [0.717, 1.165) is 32.4 Å². The molecule has 3 rings (SSSR count). The van der Waals surface area contributed by atoms with Crippen LogP contribution in [0.15, 0.2) is 11.1 Å². The Morgan fingerprint density at radius 2 is 1.96 bits per heavy atom. The number of amides is 2. The zero-order chi connectivity index (χ0) is 18.8. The largest absolute Gasteiger partial charge is 0.349 e. The van der Waals surface area contributed by atoms with Crippen molar-refractivity contribution >= 4 is 33.4 Å². The molecule has 2 aromatic rings. The lowest BCUT2D eigenvalue weighted by Gasteiger charge is -2.26. The molecule has 26 heavy (non-hydrogen) atoms. The van der Waals surface area contributed by atoms with Crippen LogP contribution >= 0.6 is 11.3 Å². The third-order valence-corrected chi connectivity index (χ3v) is 5.76. The lowest BCUT2D eigenvalue weighted by molar-refractivity contribution is -0.132. The second-order valence-corrected chi connectivity index (χ2v) is 7.98. The van der Waals surface area contributed by atoms with E-state index in [1.54, 1.807) is 6.92 Å². The maximum atomic E-state index is 12.9. The standard InChI is InChI=1S/C18H24N4O3S/c1-11(2)20-16(24)15-12(3)14-17(26-15)19-10-22(18(14)25)9-13(23)21-7-5-4-6-8-21/h10-11H,4-9H2,1-3H3,(H,20,24). The normalized spacial score (nSPS) is 14.8. The number of nitrogens with one attached hydrogen (secondary N) is 1. The van der Waals surface area contributed by atoms with Gasteiger partial charge >= 0.3 is 0 Å². The number of piperidine rings is 1. The average molecular weight is 376 g/mol. The fraction of sp³-hybridized carbons (Fsp3) is 0.556. The summed E-state index contributed by atoms with van der Waals surface area (Å²) in [7, 11) is 0. The SMILES string of the molecule is Cc1c(C(=O)NC(C)C)sc2ncn(CC(=O)N3CCCCC3)c(=O)c12. The Balaban J connectivity index is 1.90. The van der Waals surface area contributed by atoms with Gasteiger partial charge < -0.3 is 10.2 Å². The maximum absolute atomic E-state index is 12.9. The molecule has 1 fully saturated rings. The molecule has 1 saturated heterocycles. The predicted molar refractivity (Wildman–Crippen MR) is 102 cm³/mol. The summed E-state index contributed by atoms with van der Waals surface area (Å²) in [5.41, 5.74) is 0.359. The highest BCUT2D eigenvalue weighted by molar-refractivity contribution is 7.20. The monoisotopic (exact) mass is 376 g/mol. The zero-order valence-electron chi connectivity index (χ0n) is 15.4. The number of carbonyl (C=O) groups excluding carboxylic acids is 2. The van der Waals surface area contributed by atoms with Crippen molar-refractivity contribution in [3.05, 3.63) is 27.1 Å². The van der Waals surface area contributed by atoms with Crippen LogP contribution in [0, 0.1) is 6.92 Å². The van der Waals surface area contributed by atoms with Crippen molar-refractivity contribution in [3.63, 3.8) is 0 Å². The molecule has 2 aromatic heterocycles. The predicted octanol–water partition coefficient (Wildman–Crippen LogP) is 1.92. The molecule has 2 amide bonds. The molecule has 0 atom stereocenters. The number of nitrogens with zero attached hydrogens (tertiary/aromatic N) is 3. The molecule has 140 valence electrons. The van der Waals surface area contributed by atoms with Gasteiger partial charge in [0.05, 0.1) is 16.6 Å². The number of hydrogen-bond acceptors (Lipinski definition) is 5. The summed E-state index contributed by atoms with van der Waals surface area (Å²) in [5, 5.41) is 3.27. The van der Waals surface area contributed by atoms with Crippen molar-refractivity contribution < 1.29 is 9.59 Å². The van der Waals surface area contributed by atoms with Gasteiger partial charge in [0.15, 0.2) is 0 Å². The first kappa shape index (κ1) is 18.6. The first-order valence-corrected chi connectivity index (χ1v) is 9.77. The van der Waals surface area contributed by atoms with Gasteiger partial charge in [0.1, 0.15) is 11.4 Å². The third-order valence-electron chi connectivity index (χ3n) is 4.56. The van der Waals surface area contributed by atoms with E-state index < -0.39 is 0 Å². The highest BCUT2D eigenvalue weighted by Crippen LogP contribution is 2.26. The van der Waals surface area contributed by atoms with E-state index in [1.165, 1.54) is 22.2 Å². The number of thiophene rings is 1. The minimum Gasteiger partial charge on any atom is -0.349 e. The molecule has 1 N–H and O–H groups in total. The summed E-state index contributed by atoms with van der Waals surface area (Å²) in [6.07, 6.45) is 4.57. The maximum Gasteiger partial charge on any atom is 0.262 e. The Morgan fingerprint density at radius 1 is 1.27 bits per heavy atom. The van der Waals surface area contributed by atoms with Crippen molar-refractivity contribution in [1.82, 2.24) is 19.8 Å². The van der Waals surface area contributed by atoms with Gasteiger partial charge in [-0.2, -0.15) is 0 Å². The number of fused-ring (bicyclic) bond motifs is 1. The molecule has 0 saturated carbocycles. The van der Waals surface area contributed by atoms with E-state index in [1.807, 2.05) is 18.7 Å². The molecular weight excluding hydrogens is 352 g/mol. The number of hydrogen-bond donors (Lipinski definition) is 1. The summed E-state index contributed by atoms with van der Waals surface area (Å²) in [5.74, 6) is -0.255. The summed E-state index contributed by atoms with van der Waals surface area (Å²) >= 11 is 1.21. The average Bonchev–Trinajstić information content (AvgIpc) is 2.95. The van der Waals surface area contributed by atoms with E-state index in [0.29, 0.717) is 20.7 Å². The number of aryl methyl sites for hydroxylation is 1. The van der Waals surface area contributed by atoms with E-state index in [-0.39, 0.29) is 30.0 Å². The molecule has 0 aromatic carbocycles. The molecule has 0 spiro atoms. The molecule has 1 aliphatic rings. The van der Waals surface area contributed by atoms with E-state index >= 15 is 0 Å². The lowest BCUT2D eigenvalue weighted by atomic mass is 10.1. The van der Waals surface area contributed by atoms with Crippen LogP contribution < -0.4 is 10.9 Å². The molecule has 3 heterocycles. The highest BCUT2D eigenvalue weighted by Gasteiger charge is 2.22. The summed E-state index contributed by atoms with van der Waals surface area (Å²) in [4.78, 5) is 44.8. The van der Waals surface area contributed by atoms with Crippen molar-refractivity contribution in [3.8, 4) is 0 Å². The Bertz CT molecular complexity index is 894. The molecule has 8 heteroatoms. The Hall–Kier alpha value is -2.22. The summed E-state index contributed by atoms with van der Waals surface area (Å²) in [6, 6.07) is 0.0129. The molecule has 0 aliphatic carbocycles. The van der Waals surface area contributed by atoms with Gasteiger partial charge in [-0.1, -0.05) is 0 Å². The van der Waals surface area contributed by atoms with Crippen LogP contribution in [-0.2, 0) is 11.3 Å². The highest BCUT2D eigenvalue weighted by atomic mass is 32.1. The number of aromatic nitrogens is 2. The third kappa shape index (κ3) is 3.65. The number of rotatable bonds is 4. The zero-order valence-corrected chi connectivity index (χ0v) is 16.2. The minimum absolute atomic E-state index is 0.00934. The van der Waals surface area contributed by atoms with Gasteiger partial charge in [-0.05, 0) is 45.6 Å². The van der Waals surface area contributed by atoms with Gasteiger partial charge in [-0.3, -0.25) is 19.0 Å². The van der Waals surface area contributed by atoms with Crippen molar-refractivity contribution in [1.29, 1.82) is 0 Å². The first-order valence-electron chi connectivity index (χ1n) is 8.95. The van der Waals surface area contributed by atoms with Crippen molar-refractivity contribution in [2.75, 3.05) is 13.1 Å². The second-order valence-electron chi connectivity index (χ2n) is 6.98. The number of carbonyl (C=O) groups is 2. The van der Waals surface area contributed by atoms with E-state index in [4.69, 9.17) is 0 Å². The molecule has 0 bridgehead atoms. The van der Waals surface area contributed by atoms with E-state index in [2.05, 4.69) is 10.3 Å². The van der Waals surface area contributed by atoms with E-state index in [9.17, 15) is 14.4 Å². The molecule has 0 radical (unpaired) electrons. The Morgan fingerprint density at radius 3 is 2.62 bits per heavy atom. The smallest absolute Gasteiger partial charge is 0.262 e. The fourth-order valence-electron chi connectivity index (χ4n) is 3.21. The summed E-state index contributed by atoms with van der Waals surface area (Å²) in [6.45, 7) is 7.02. The molecule has 1 aliphatic heterocycles. The quantitative estimate of drug-likeness (QED) is 0.883. The second kappa shape index (κ2) is 7.57. The minimum atomic E-state index is -0.266. The lowest BCUT2D eigenvalue weighted by Crippen LogP contribution is -2.39. The van der Waals surface area contributed by atoms with Crippen LogP contribution in [0.25, 0.3) is 10.2 Å². The first-order chi connectivity index (χ1) is 12.4. The Labute approximate surface area is 156 Å². The topological polar surface area (TPSA) is 84.3 Å². The van der Waals surface area contributed by atoms with Crippen LogP contribution in [0.3, 0.4) is 0 Å². The van der Waals surface area contributed by atoms with Crippen LogP contribution in [0.1, 0.15) is 48.3 Å². The molecule has 0 unspecified atom stereocenters. The molecular formula is C18H24N4O3S. The van der Waals surface area contributed by atoms with Gasteiger partial charge in [0, 0.05) is 19.1 Å². The van der Waals surface area contributed by atoms with Crippen LogP contribution in [0.5, 0.6) is 0 Å². The van der Waals surface area contributed by atoms with Crippen LogP contribution in [0.2, 0.25) is 0 Å². The Kier molecular flexibility index (Phi) is 5.41. The fourth-order valence-corrected chi connectivity index (χ4v) is 4.25. The van der Waals surface area contributed by atoms with Gasteiger partial charge in [-0.25, -0.2) is 4.98 Å². The summed E-state index contributed by atoms with van der Waals surface area (Å²) < 4.78 is 1.35. The van der Waals surface area contributed by atoms with Crippen LogP contribution in [-0.4, -0.2) is 45.4 Å². The number of likely N-dealkylation sites (tertiary alicyclic amines) is 1. The van der Waals surface area contributed by atoms with Crippen molar-refractivity contribution in [2.24, 2.45) is 0 Å². The van der Waals surface area contributed by atoms with Gasteiger partial charge in [0.25, 0.3) is 11.5 Å². The van der Waals surface area contributed by atoms with Gasteiger partial charge in [-0.15, -0.1) is 11.3 Å². The van der Waals surface area contributed by atoms with Crippen LogP contribution in [0.4, 0.5) is 0 Å².